The average molecular weight is 341 g/mol. The van der Waals surface area contributed by atoms with Crippen LogP contribution < -0.4 is 10.4 Å². The molecule has 0 aromatic heterocycles. The molecular weight excluding hydrogens is 312 g/mol. The second-order valence-corrected chi connectivity index (χ2v) is 15.8. The maximum Gasteiger partial charge on any atom is 0.276 e. The second kappa shape index (κ2) is 7.32. The fourth-order valence-corrected chi connectivity index (χ4v) is 6.88. The van der Waals surface area contributed by atoms with Crippen molar-refractivity contribution in [2.24, 2.45) is 0 Å². The first-order chi connectivity index (χ1) is 10.8. The van der Waals surface area contributed by atoms with Gasteiger partial charge in [0, 0.05) is 0 Å². The molecule has 2 aromatic carbocycles. The Hall–Kier alpha value is -1.59. The molecule has 3 heteroatoms. The van der Waals surface area contributed by atoms with E-state index < -0.39 is 16.4 Å². The maximum atomic E-state index is 6.38. The average Bonchev–Trinajstić information content (AvgIpc) is 2.54. The number of rotatable bonds is 6. The van der Waals surface area contributed by atoms with E-state index in [1.165, 1.54) is 10.4 Å². The zero-order chi connectivity index (χ0) is 16.9. The topological polar surface area (TPSA) is 9.23 Å². The normalized spacial score (nSPS) is 13.0. The highest BCUT2D eigenvalue weighted by atomic mass is 28.4. The standard InChI is InChI=1S/C20H28OSi2/c1-18(21-23(4,5)20-14-10-7-11-15-20)16-17-22(2,3)19-12-8-6-9-13-19/h6-16H,17H2,1-5H3/b18-16-. The van der Waals surface area contributed by atoms with E-state index in [1.807, 2.05) is 0 Å². The first kappa shape index (κ1) is 17.8. The van der Waals surface area contributed by atoms with Crippen LogP contribution in [0.5, 0.6) is 0 Å². The summed E-state index contributed by atoms with van der Waals surface area (Å²) >= 11 is 0. The van der Waals surface area contributed by atoms with Crippen LogP contribution in [0.3, 0.4) is 0 Å². The van der Waals surface area contributed by atoms with E-state index in [2.05, 4.69) is 99.9 Å². The Morgan fingerprint density at radius 1 is 0.826 bits per heavy atom. The molecule has 0 aliphatic heterocycles. The maximum absolute atomic E-state index is 6.38. The molecule has 0 radical (unpaired) electrons. The Bertz CT molecular complexity index is 646. The monoisotopic (exact) mass is 340 g/mol. The summed E-state index contributed by atoms with van der Waals surface area (Å²) in [4.78, 5) is 0. The first-order valence-corrected chi connectivity index (χ1v) is 14.4. The summed E-state index contributed by atoms with van der Waals surface area (Å²) < 4.78 is 6.38. The summed E-state index contributed by atoms with van der Waals surface area (Å²) in [5.74, 6) is 1.07. The van der Waals surface area contributed by atoms with Crippen LogP contribution in [0.25, 0.3) is 0 Å². The van der Waals surface area contributed by atoms with Gasteiger partial charge in [0.2, 0.25) is 0 Å². The van der Waals surface area contributed by atoms with Gasteiger partial charge in [-0.15, -0.1) is 0 Å². The van der Waals surface area contributed by atoms with Crippen LogP contribution in [0.1, 0.15) is 6.92 Å². The van der Waals surface area contributed by atoms with Crippen LogP contribution in [0.2, 0.25) is 32.2 Å². The summed E-state index contributed by atoms with van der Waals surface area (Å²) in [5, 5.41) is 2.84. The fraction of sp³-hybridized carbons (Fsp3) is 0.300. The minimum Gasteiger partial charge on any atom is -0.543 e. The lowest BCUT2D eigenvalue weighted by atomic mass is 10.4. The van der Waals surface area contributed by atoms with E-state index >= 15 is 0 Å². The first-order valence-electron chi connectivity index (χ1n) is 8.28. The molecule has 0 unspecified atom stereocenters. The van der Waals surface area contributed by atoms with E-state index in [0.717, 1.165) is 11.8 Å². The zero-order valence-corrected chi connectivity index (χ0v) is 17.0. The van der Waals surface area contributed by atoms with Gasteiger partial charge in [-0.05, 0) is 31.2 Å². The van der Waals surface area contributed by atoms with Crippen molar-refractivity contribution in [2.45, 2.75) is 39.2 Å². The van der Waals surface area contributed by atoms with Crippen LogP contribution in [0, 0.1) is 0 Å². The molecular formula is C20H28OSi2. The summed E-state index contributed by atoms with van der Waals surface area (Å²) in [7, 11) is -3.31. The Balaban J connectivity index is 2.06. The molecule has 0 N–H and O–H groups in total. The number of hydrogen-bond donors (Lipinski definition) is 0. The molecule has 122 valence electrons. The van der Waals surface area contributed by atoms with E-state index in [4.69, 9.17) is 4.43 Å². The lowest BCUT2D eigenvalue weighted by molar-refractivity contribution is 0.428. The van der Waals surface area contributed by atoms with Crippen LogP contribution >= 0.6 is 0 Å². The molecule has 2 rings (SSSR count). The Labute approximate surface area is 143 Å². The molecule has 23 heavy (non-hydrogen) atoms. The van der Waals surface area contributed by atoms with E-state index in [1.54, 1.807) is 0 Å². The van der Waals surface area contributed by atoms with Crippen molar-refractivity contribution in [3.8, 4) is 0 Å². The Morgan fingerprint density at radius 2 is 1.30 bits per heavy atom. The van der Waals surface area contributed by atoms with Gasteiger partial charge in [0.15, 0.2) is 0 Å². The molecule has 0 bridgehead atoms. The lowest BCUT2D eigenvalue weighted by Crippen LogP contribution is -2.44. The molecule has 0 saturated heterocycles. The molecule has 0 amide bonds. The molecule has 0 fully saturated rings. The molecule has 1 nitrogen and oxygen atoms in total. The largest absolute Gasteiger partial charge is 0.543 e. The van der Waals surface area contributed by atoms with Crippen molar-refractivity contribution in [1.82, 2.24) is 0 Å². The SMILES string of the molecule is C/C(=C/C[Si](C)(C)c1ccccc1)O[Si](C)(C)c1ccccc1. The van der Waals surface area contributed by atoms with Crippen LogP contribution in [-0.4, -0.2) is 16.4 Å². The Morgan fingerprint density at radius 3 is 1.83 bits per heavy atom. The van der Waals surface area contributed by atoms with E-state index in [-0.39, 0.29) is 0 Å². The quantitative estimate of drug-likeness (QED) is 0.550. The van der Waals surface area contributed by atoms with Gasteiger partial charge < -0.3 is 4.43 Å². The third-order valence-corrected chi connectivity index (χ3v) is 10.0. The van der Waals surface area contributed by atoms with Crippen molar-refractivity contribution < 1.29 is 4.43 Å². The van der Waals surface area contributed by atoms with Gasteiger partial charge >= 0.3 is 0 Å². The van der Waals surface area contributed by atoms with Crippen molar-refractivity contribution in [2.75, 3.05) is 0 Å². The predicted molar refractivity (Wildman–Crippen MR) is 107 cm³/mol. The lowest BCUT2D eigenvalue weighted by Gasteiger charge is -2.26. The van der Waals surface area contributed by atoms with Gasteiger partial charge in [0.05, 0.1) is 13.8 Å². The third-order valence-electron chi connectivity index (χ3n) is 4.34. The summed E-state index contributed by atoms with van der Waals surface area (Å²) in [6, 6.07) is 22.6. The molecule has 0 aliphatic carbocycles. The second-order valence-electron chi connectivity index (χ2n) is 7.25. The predicted octanol–water partition coefficient (Wildman–Crippen LogP) is 4.63. The highest BCUT2D eigenvalue weighted by molar-refractivity contribution is 6.90. The third kappa shape index (κ3) is 4.94. The van der Waals surface area contributed by atoms with E-state index in [0.29, 0.717) is 0 Å². The van der Waals surface area contributed by atoms with Crippen molar-refractivity contribution in [1.29, 1.82) is 0 Å². The summed E-state index contributed by atoms with van der Waals surface area (Å²) in [5.41, 5.74) is 0. The number of hydrogen-bond acceptors (Lipinski definition) is 1. The van der Waals surface area contributed by atoms with Crippen molar-refractivity contribution in [3.63, 3.8) is 0 Å². The van der Waals surface area contributed by atoms with Gasteiger partial charge in [-0.2, -0.15) is 0 Å². The molecule has 2 aromatic rings. The fourth-order valence-electron chi connectivity index (χ4n) is 2.75. The number of benzene rings is 2. The smallest absolute Gasteiger partial charge is 0.276 e. The zero-order valence-electron chi connectivity index (χ0n) is 15.0. The summed E-state index contributed by atoms with van der Waals surface area (Å²) in [6.45, 7) is 11.5. The van der Waals surface area contributed by atoms with Crippen LogP contribution in [0.15, 0.2) is 72.5 Å². The van der Waals surface area contributed by atoms with Gasteiger partial charge in [0.1, 0.15) is 0 Å². The minimum atomic E-state index is -1.87. The van der Waals surface area contributed by atoms with Gasteiger partial charge in [-0.1, -0.05) is 85.0 Å². The summed E-state index contributed by atoms with van der Waals surface area (Å²) in [6.07, 6.45) is 2.30. The molecule has 0 saturated carbocycles. The molecule has 0 spiro atoms. The molecule has 0 heterocycles. The van der Waals surface area contributed by atoms with Gasteiger partial charge in [0.25, 0.3) is 8.32 Å². The van der Waals surface area contributed by atoms with Gasteiger partial charge in [-0.25, -0.2) is 0 Å². The van der Waals surface area contributed by atoms with Crippen LogP contribution in [-0.2, 0) is 4.43 Å². The van der Waals surface area contributed by atoms with Crippen LogP contribution in [0.4, 0.5) is 0 Å². The van der Waals surface area contributed by atoms with E-state index in [9.17, 15) is 0 Å². The highest BCUT2D eigenvalue weighted by Crippen LogP contribution is 2.16. The minimum absolute atomic E-state index is 1.07. The van der Waals surface area contributed by atoms with Crippen molar-refractivity contribution in [3.05, 3.63) is 72.5 Å². The highest BCUT2D eigenvalue weighted by Gasteiger charge is 2.27. The van der Waals surface area contributed by atoms with Crippen molar-refractivity contribution >= 4 is 26.8 Å². The molecule has 0 atom stereocenters. The van der Waals surface area contributed by atoms with Gasteiger partial charge in [-0.3, -0.25) is 0 Å². The Kier molecular flexibility index (Phi) is 5.66. The number of allylic oxidation sites excluding steroid dienone is 2. The molecule has 0 aliphatic rings.